The Morgan fingerprint density at radius 1 is 1.11 bits per heavy atom. The number of carbonyl (C=O) groups excluding carboxylic acids is 1. The molecule has 0 bridgehead atoms. The minimum atomic E-state index is -0.0657. The van der Waals surface area contributed by atoms with E-state index in [-0.39, 0.29) is 11.2 Å². The molecule has 2 aromatic carbocycles. The van der Waals surface area contributed by atoms with E-state index in [9.17, 15) is 4.79 Å². The van der Waals surface area contributed by atoms with E-state index in [1.807, 2.05) is 18.2 Å². The Morgan fingerprint density at radius 2 is 1.89 bits per heavy atom. The molecule has 1 saturated heterocycles. The molecule has 0 aliphatic carbocycles. The number of hydrogen-bond acceptors (Lipinski definition) is 4. The molecule has 0 aromatic heterocycles. The third-order valence-corrected chi connectivity index (χ3v) is 6.16. The summed E-state index contributed by atoms with van der Waals surface area (Å²) in [6, 6.07) is 14.4. The zero-order chi connectivity index (χ0) is 20.1. The minimum absolute atomic E-state index is 0.0657. The van der Waals surface area contributed by atoms with Crippen molar-refractivity contribution in [2.75, 3.05) is 0 Å². The third kappa shape index (κ3) is 4.71. The summed E-state index contributed by atoms with van der Waals surface area (Å²) in [7, 11) is 0. The van der Waals surface area contributed by atoms with Crippen LogP contribution in [0.3, 0.4) is 0 Å². The average molecular weight is 394 g/mol. The first-order chi connectivity index (χ1) is 13.5. The summed E-state index contributed by atoms with van der Waals surface area (Å²) in [5.74, 6) is 0.135. The molecule has 3 rings (SSSR count). The van der Waals surface area contributed by atoms with Crippen molar-refractivity contribution in [1.82, 2.24) is 4.90 Å². The van der Waals surface area contributed by atoms with Crippen molar-refractivity contribution in [2.45, 2.75) is 52.3 Å². The van der Waals surface area contributed by atoms with Crippen molar-refractivity contribution >= 4 is 29.1 Å². The van der Waals surface area contributed by atoms with Gasteiger partial charge in [-0.05, 0) is 49.4 Å². The molecule has 2 aromatic rings. The Hall–Kier alpha value is -2.40. The van der Waals surface area contributed by atoms with Crippen LogP contribution in [0.15, 0.2) is 52.7 Å². The van der Waals surface area contributed by atoms with Crippen LogP contribution < -0.4 is 0 Å². The van der Waals surface area contributed by atoms with Gasteiger partial charge in [0, 0.05) is 0 Å². The highest BCUT2D eigenvalue weighted by Crippen LogP contribution is 2.32. The lowest BCUT2D eigenvalue weighted by Crippen LogP contribution is -2.31. The lowest BCUT2D eigenvalue weighted by molar-refractivity contribution is -0.126. The maximum absolute atomic E-state index is 12.9. The molecular weight excluding hydrogens is 366 g/mol. The number of thioether (sulfide) groups is 1. The van der Waals surface area contributed by atoms with Gasteiger partial charge in [0.2, 0.25) is 5.91 Å². The summed E-state index contributed by atoms with van der Waals surface area (Å²) >= 11 is 1.53. The van der Waals surface area contributed by atoms with Crippen LogP contribution in [0.4, 0.5) is 0 Å². The van der Waals surface area contributed by atoms with Crippen molar-refractivity contribution in [3.05, 3.63) is 70.3 Å². The second-order valence-electron chi connectivity index (χ2n) is 7.23. The molecule has 146 valence electrons. The second-order valence-corrected chi connectivity index (χ2v) is 8.40. The van der Waals surface area contributed by atoms with E-state index in [1.54, 1.807) is 11.1 Å². The fourth-order valence-electron chi connectivity index (χ4n) is 3.25. The van der Waals surface area contributed by atoms with Crippen LogP contribution in [0.5, 0.6) is 0 Å². The molecular formula is C23H27N3OS. The maximum Gasteiger partial charge on any atom is 0.242 e. The van der Waals surface area contributed by atoms with Crippen molar-refractivity contribution in [2.24, 2.45) is 10.2 Å². The molecule has 4 nitrogen and oxygen atoms in total. The van der Waals surface area contributed by atoms with Crippen molar-refractivity contribution in [3.63, 3.8) is 0 Å². The van der Waals surface area contributed by atoms with E-state index in [1.165, 1.54) is 28.5 Å². The summed E-state index contributed by atoms with van der Waals surface area (Å²) in [5.41, 5.74) is 5.75. The van der Waals surface area contributed by atoms with Gasteiger partial charge in [0.15, 0.2) is 5.17 Å². The predicted octanol–water partition coefficient (Wildman–Crippen LogP) is 5.25. The van der Waals surface area contributed by atoms with E-state index in [4.69, 9.17) is 0 Å². The topological polar surface area (TPSA) is 45.0 Å². The smallest absolute Gasteiger partial charge is 0.242 e. The molecule has 0 radical (unpaired) electrons. The highest BCUT2D eigenvalue weighted by molar-refractivity contribution is 8.15. The molecule has 1 atom stereocenters. The molecule has 0 spiro atoms. The van der Waals surface area contributed by atoms with E-state index in [0.717, 1.165) is 24.0 Å². The minimum Gasteiger partial charge on any atom is -0.284 e. The van der Waals surface area contributed by atoms with Gasteiger partial charge in [-0.2, -0.15) is 5.10 Å². The quantitative estimate of drug-likeness (QED) is 0.497. The normalized spacial score (nSPS) is 18.6. The van der Waals surface area contributed by atoms with E-state index in [0.29, 0.717) is 11.7 Å². The fraction of sp³-hybridized carbons (Fsp3) is 0.348. The monoisotopic (exact) mass is 393 g/mol. The van der Waals surface area contributed by atoms with Crippen molar-refractivity contribution < 1.29 is 4.79 Å². The van der Waals surface area contributed by atoms with Gasteiger partial charge in [-0.25, -0.2) is 0 Å². The molecule has 5 heteroatoms. The average Bonchev–Trinajstić information content (AvgIpc) is 2.95. The lowest BCUT2D eigenvalue weighted by Gasteiger charge is -2.17. The second kappa shape index (κ2) is 9.20. The van der Waals surface area contributed by atoms with Crippen LogP contribution in [0.2, 0.25) is 0 Å². The van der Waals surface area contributed by atoms with Crippen LogP contribution >= 0.6 is 11.8 Å². The Labute approximate surface area is 171 Å². The zero-order valence-corrected chi connectivity index (χ0v) is 17.8. The SMILES string of the molecule is CCCC1S/C(=N\N=C\c2ccc(C)cc2C)N(Cc2ccccc2C)C1=O. The number of nitrogens with zero attached hydrogens (tertiary/aromatic N) is 3. The van der Waals surface area contributed by atoms with Crippen molar-refractivity contribution in [3.8, 4) is 0 Å². The van der Waals surface area contributed by atoms with Crippen LogP contribution in [0.1, 0.15) is 47.6 Å². The fourth-order valence-corrected chi connectivity index (χ4v) is 4.46. The number of benzene rings is 2. The summed E-state index contributed by atoms with van der Waals surface area (Å²) in [6.45, 7) is 8.86. The molecule has 1 fully saturated rings. The molecule has 0 saturated carbocycles. The Bertz CT molecular complexity index is 920. The molecule has 28 heavy (non-hydrogen) atoms. The summed E-state index contributed by atoms with van der Waals surface area (Å²) in [5, 5.41) is 9.35. The highest BCUT2D eigenvalue weighted by Gasteiger charge is 2.37. The van der Waals surface area contributed by atoms with Gasteiger partial charge < -0.3 is 0 Å². The van der Waals surface area contributed by atoms with Crippen LogP contribution in [-0.4, -0.2) is 27.4 Å². The van der Waals surface area contributed by atoms with Gasteiger partial charge in [-0.15, -0.1) is 5.10 Å². The summed E-state index contributed by atoms with van der Waals surface area (Å²) in [4.78, 5) is 14.7. The van der Waals surface area contributed by atoms with Gasteiger partial charge in [0.25, 0.3) is 0 Å². The first-order valence-electron chi connectivity index (χ1n) is 9.70. The molecule has 1 heterocycles. The number of hydrogen-bond donors (Lipinski definition) is 0. The number of amides is 1. The van der Waals surface area contributed by atoms with E-state index < -0.39 is 0 Å². The molecule has 1 amide bonds. The van der Waals surface area contributed by atoms with Crippen molar-refractivity contribution in [1.29, 1.82) is 0 Å². The Balaban J connectivity index is 1.84. The zero-order valence-electron chi connectivity index (χ0n) is 17.0. The van der Waals surface area contributed by atoms with E-state index in [2.05, 4.69) is 62.2 Å². The highest BCUT2D eigenvalue weighted by atomic mass is 32.2. The van der Waals surface area contributed by atoms with Gasteiger partial charge >= 0.3 is 0 Å². The van der Waals surface area contributed by atoms with Crippen LogP contribution in [0.25, 0.3) is 0 Å². The molecule has 1 unspecified atom stereocenters. The Morgan fingerprint density at radius 3 is 2.61 bits per heavy atom. The maximum atomic E-state index is 12.9. The largest absolute Gasteiger partial charge is 0.284 e. The van der Waals surface area contributed by atoms with E-state index >= 15 is 0 Å². The van der Waals surface area contributed by atoms with Gasteiger partial charge in [-0.1, -0.05) is 73.1 Å². The summed E-state index contributed by atoms with van der Waals surface area (Å²) in [6.07, 6.45) is 3.60. The number of rotatable bonds is 6. The molecule has 1 aliphatic heterocycles. The first-order valence-corrected chi connectivity index (χ1v) is 10.6. The van der Waals surface area contributed by atoms with Gasteiger partial charge in [0.05, 0.1) is 18.0 Å². The van der Waals surface area contributed by atoms with Crippen LogP contribution in [0, 0.1) is 20.8 Å². The summed E-state index contributed by atoms with van der Waals surface area (Å²) < 4.78 is 0. The Kier molecular flexibility index (Phi) is 6.68. The lowest BCUT2D eigenvalue weighted by atomic mass is 10.1. The number of amidine groups is 1. The predicted molar refractivity (Wildman–Crippen MR) is 119 cm³/mol. The van der Waals surface area contributed by atoms with Crippen LogP contribution in [-0.2, 0) is 11.3 Å². The third-order valence-electron chi connectivity index (χ3n) is 4.93. The van der Waals surface area contributed by atoms with Gasteiger partial charge in [-0.3, -0.25) is 9.69 Å². The van der Waals surface area contributed by atoms with Gasteiger partial charge in [0.1, 0.15) is 0 Å². The molecule has 1 aliphatic rings. The standard InChI is InChI=1S/C23H27N3OS/c1-5-8-21-22(27)26(15-20-10-7-6-9-17(20)3)23(28-21)25-24-14-19-12-11-16(2)13-18(19)4/h6-7,9-14,21H,5,8,15H2,1-4H3/b24-14+,25-23-. The first kappa shape index (κ1) is 20.3. The number of carbonyl (C=O) groups is 1. The number of aryl methyl sites for hydroxylation is 3. The molecule has 0 N–H and O–H groups in total.